The zero-order chi connectivity index (χ0) is 15.7. The Hall–Kier alpha value is -0.630. The highest BCUT2D eigenvalue weighted by molar-refractivity contribution is 7.91. The molecule has 0 aliphatic rings. The third-order valence-corrected chi connectivity index (χ3v) is 6.26. The van der Waals surface area contributed by atoms with Gasteiger partial charge in [0, 0.05) is 11.6 Å². The number of hydrogen-bond donors (Lipinski definition) is 2. The van der Waals surface area contributed by atoms with Crippen LogP contribution in [0.25, 0.3) is 0 Å². The molecule has 114 valence electrons. The Labute approximate surface area is 137 Å². The molecule has 8 heteroatoms. The predicted molar refractivity (Wildman–Crippen MR) is 85.5 cm³/mol. The summed E-state index contributed by atoms with van der Waals surface area (Å²) in [6.45, 7) is 1.37. The van der Waals surface area contributed by atoms with Crippen LogP contribution in [0.2, 0.25) is 9.36 Å². The van der Waals surface area contributed by atoms with Gasteiger partial charge in [0.2, 0.25) is 10.0 Å². The summed E-state index contributed by atoms with van der Waals surface area (Å²) in [6, 6.07) is 9.51. The first kappa shape index (κ1) is 16.7. The Morgan fingerprint density at radius 1 is 1.19 bits per heavy atom. The summed E-state index contributed by atoms with van der Waals surface area (Å²) in [6.07, 6.45) is 0. The molecule has 1 atom stereocenters. The molecule has 2 aromatic rings. The third-order valence-electron chi connectivity index (χ3n) is 2.89. The lowest BCUT2D eigenvalue weighted by Gasteiger charge is -2.24. The monoisotopic (exact) mass is 365 g/mol. The molecule has 1 heterocycles. The average molecular weight is 366 g/mol. The van der Waals surface area contributed by atoms with Gasteiger partial charge < -0.3 is 5.11 Å². The summed E-state index contributed by atoms with van der Waals surface area (Å²) >= 11 is 12.5. The zero-order valence-corrected chi connectivity index (χ0v) is 14.2. The number of halogens is 2. The van der Waals surface area contributed by atoms with Crippen LogP contribution < -0.4 is 4.72 Å². The van der Waals surface area contributed by atoms with Gasteiger partial charge in [0.25, 0.3) is 0 Å². The quantitative estimate of drug-likeness (QED) is 0.854. The fraction of sp³-hybridized carbons (Fsp3) is 0.231. The van der Waals surface area contributed by atoms with E-state index in [-0.39, 0.29) is 10.8 Å². The van der Waals surface area contributed by atoms with Gasteiger partial charge in [-0.05, 0) is 36.8 Å². The lowest BCUT2D eigenvalue weighted by molar-refractivity contribution is 0.0628. The molecule has 0 aliphatic heterocycles. The van der Waals surface area contributed by atoms with E-state index >= 15 is 0 Å². The number of benzene rings is 1. The Morgan fingerprint density at radius 2 is 1.81 bits per heavy atom. The molecule has 0 amide bonds. The van der Waals surface area contributed by atoms with Gasteiger partial charge in [0.05, 0.1) is 4.34 Å². The van der Waals surface area contributed by atoms with Crippen LogP contribution in [0.3, 0.4) is 0 Å². The molecule has 0 aliphatic carbocycles. The van der Waals surface area contributed by atoms with Crippen LogP contribution in [0.4, 0.5) is 0 Å². The van der Waals surface area contributed by atoms with Crippen molar-refractivity contribution >= 4 is 44.6 Å². The highest BCUT2D eigenvalue weighted by atomic mass is 35.5. The highest BCUT2D eigenvalue weighted by Crippen LogP contribution is 2.26. The molecule has 0 saturated carbocycles. The lowest BCUT2D eigenvalue weighted by atomic mass is 9.97. The molecule has 1 aromatic carbocycles. The molecule has 0 bridgehead atoms. The van der Waals surface area contributed by atoms with Crippen LogP contribution in [0.1, 0.15) is 12.5 Å². The van der Waals surface area contributed by atoms with Crippen molar-refractivity contribution in [2.45, 2.75) is 16.7 Å². The van der Waals surface area contributed by atoms with Gasteiger partial charge in [-0.1, -0.05) is 35.3 Å². The normalized spacial score (nSPS) is 14.9. The summed E-state index contributed by atoms with van der Waals surface area (Å²) in [5.74, 6) is 0. The molecule has 2 N–H and O–H groups in total. The summed E-state index contributed by atoms with van der Waals surface area (Å²) in [5, 5.41) is 10.9. The van der Waals surface area contributed by atoms with Crippen LogP contribution in [-0.4, -0.2) is 20.1 Å². The molecule has 0 spiro atoms. The largest absolute Gasteiger partial charge is 0.384 e. The first-order valence-electron chi connectivity index (χ1n) is 5.94. The third kappa shape index (κ3) is 4.18. The maximum atomic E-state index is 12.1. The van der Waals surface area contributed by atoms with Crippen molar-refractivity contribution in [3.63, 3.8) is 0 Å². The second-order valence-corrected chi connectivity index (χ2v) is 8.81. The van der Waals surface area contributed by atoms with Gasteiger partial charge in [-0.3, -0.25) is 0 Å². The lowest BCUT2D eigenvalue weighted by Crippen LogP contribution is -2.38. The van der Waals surface area contributed by atoms with Crippen LogP contribution >= 0.6 is 34.5 Å². The molecular weight excluding hydrogens is 353 g/mol. The van der Waals surface area contributed by atoms with Crippen molar-refractivity contribution in [3.05, 3.63) is 51.3 Å². The first-order valence-corrected chi connectivity index (χ1v) is 9.00. The van der Waals surface area contributed by atoms with Gasteiger partial charge >= 0.3 is 0 Å². The molecule has 0 fully saturated rings. The van der Waals surface area contributed by atoms with E-state index in [0.717, 1.165) is 11.3 Å². The molecule has 21 heavy (non-hydrogen) atoms. The maximum Gasteiger partial charge on any atom is 0.250 e. The van der Waals surface area contributed by atoms with Crippen molar-refractivity contribution in [2.24, 2.45) is 0 Å². The summed E-state index contributed by atoms with van der Waals surface area (Å²) in [7, 11) is -3.69. The second kappa shape index (κ2) is 6.24. The summed E-state index contributed by atoms with van der Waals surface area (Å²) in [4.78, 5) is 0. The minimum absolute atomic E-state index is 0.111. The van der Waals surface area contributed by atoms with Crippen LogP contribution in [-0.2, 0) is 15.6 Å². The van der Waals surface area contributed by atoms with Crippen molar-refractivity contribution < 1.29 is 13.5 Å². The topological polar surface area (TPSA) is 66.4 Å². The van der Waals surface area contributed by atoms with Gasteiger partial charge in [0.15, 0.2) is 0 Å². The first-order chi connectivity index (χ1) is 9.71. The second-order valence-electron chi connectivity index (χ2n) is 4.66. The molecule has 4 nitrogen and oxygen atoms in total. The Bertz CT molecular complexity index is 724. The minimum atomic E-state index is -3.69. The average Bonchev–Trinajstić information content (AvgIpc) is 2.85. The van der Waals surface area contributed by atoms with Crippen molar-refractivity contribution in [3.8, 4) is 0 Å². The highest BCUT2D eigenvalue weighted by Gasteiger charge is 2.26. The molecule has 0 saturated heterocycles. The molecule has 1 unspecified atom stereocenters. The Morgan fingerprint density at radius 3 is 2.33 bits per heavy atom. The number of aliphatic hydroxyl groups is 1. The zero-order valence-electron chi connectivity index (χ0n) is 11.0. The maximum absolute atomic E-state index is 12.1. The smallest absolute Gasteiger partial charge is 0.250 e. The van der Waals surface area contributed by atoms with E-state index in [1.807, 2.05) is 0 Å². The molecule has 2 rings (SSSR count). The standard InChI is InChI=1S/C13H13Cl2NO3S2/c1-13(17,9-2-4-10(14)5-3-9)8-16-21(18,19)12-7-6-11(15)20-12/h2-7,16-17H,8H2,1H3. The number of nitrogens with one attached hydrogen (secondary N) is 1. The molecule has 0 radical (unpaired) electrons. The summed E-state index contributed by atoms with van der Waals surface area (Å²) in [5.41, 5.74) is -0.780. The van der Waals surface area contributed by atoms with Gasteiger partial charge in [-0.2, -0.15) is 0 Å². The van der Waals surface area contributed by atoms with Gasteiger partial charge in [-0.15, -0.1) is 11.3 Å². The van der Waals surface area contributed by atoms with E-state index in [9.17, 15) is 13.5 Å². The number of rotatable bonds is 5. The van der Waals surface area contributed by atoms with Crippen LogP contribution in [0.15, 0.2) is 40.6 Å². The van der Waals surface area contributed by atoms with Gasteiger partial charge in [-0.25, -0.2) is 13.1 Å². The van der Waals surface area contributed by atoms with E-state index < -0.39 is 15.6 Å². The number of sulfonamides is 1. The number of thiophene rings is 1. The fourth-order valence-corrected chi connectivity index (χ4v) is 4.45. The predicted octanol–water partition coefficient (Wildman–Crippen LogP) is 3.24. The SMILES string of the molecule is CC(O)(CNS(=O)(=O)c1ccc(Cl)s1)c1ccc(Cl)cc1. The summed E-state index contributed by atoms with van der Waals surface area (Å²) < 4.78 is 27.1. The van der Waals surface area contributed by atoms with Crippen molar-refractivity contribution in [1.82, 2.24) is 4.72 Å². The van der Waals surface area contributed by atoms with Gasteiger partial charge in [0.1, 0.15) is 9.81 Å². The molecule has 1 aromatic heterocycles. The van der Waals surface area contributed by atoms with E-state index in [4.69, 9.17) is 23.2 Å². The van der Waals surface area contributed by atoms with Crippen LogP contribution in [0.5, 0.6) is 0 Å². The minimum Gasteiger partial charge on any atom is -0.384 e. The molecular formula is C13H13Cl2NO3S2. The van der Waals surface area contributed by atoms with Crippen molar-refractivity contribution in [2.75, 3.05) is 6.54 Å². The van der Waals surface area contributed by atoms with E-state index in [2.05, 4.69) is 4.72 Å². The van der Waals surface area contributed by atoms with E-state index in [1.165, 1.54) is 19.1 Å². The van der Waals surface area contributed by atoms with Crippen LogP contribution in [0, 0.1) is 0 Å². The van der Waals surface area contributed by atoms with Crippen molar-refractivity contribution in [1.29, 1.82) is 0 Å². The Balaban J connectivity index is 2.12. The fourth-order valence-electron chi connectivity index (χ4n) is 1.66. The van der Waals surface area contributed by atoms with E-state index in [1.54, 1.807) is 24.3 Å². The number of hydrogen-bond acceptors (Lipinski definition) is 4. The Kier molecular flexibility index (Phi) is 4.97. The van der Waals surface area contributed by atoms with E-state index in [0.29, 0.717) is 14.9 Å².